The third-order valence-corrected chi connectivity index (χ3v) is 3.06. The summed E-state index contributed by atoms with van der Waals surface area (Å²) in [6.07, 6.45) is 2.37. The van der Waals surface area contributed by atoms with Gasteiger partial charge >= 0.3 is 5.69 Å². The number of nitro benzene ring substituents is 1. The molecule has 6 nitrogen and oxygen atoms in total. The van der Waals surface area contributed by atoms with Crippen molar-refractivity contribution in [2.24, 2.45) is 0 Å². The normalized spacial score (nSPS) is 10.7. The van der Waals surface area contributed by atoms with Crippen molar-refractivity contribution in [2.75, 3.05) is 7.11 Å². The molecule has 0 amide bonds. The SMILES string of the molecule is COc1cc(/C=C/C(=O)c2ccccc2F)cc([N+](=O)[O-])c1O. The molecule has 0 aromatic heterocycles. The molecule has 0 aliphatic carbocycles. The highest BCUT2D eigenvalue weighted by molar-refractivity contribution is 6.07. The molecule has 0 saturated carbocycles. The molecule has 0 radical (unpaired) electrons. The quantitative estimate of drug-likeness (QED) is 0.395. The predicted octanol–water partition coefficient (Wildman–Crippen LogP) is 3.34. The van der Waals surface area contributed by atoms with Gasteiger partial charge in [-0.3, -0.25) is 14.9 Å². The number of nitro groups is 1. The van der Waals surface area contributed by atoms with Crippen molar-refractivity contribution < 1.29 is 24.0 Å². The Hall–Kier alpha value is -3.22. The zero-order valence-corrected chi connectivity index (χ0v) is 12.0. The summed E-state index contributed by atoms with van der Waals surface area (Å²) >= 11 is 0. The lowest BCUT2D eigenvalue weighted by Crippen LogP contribution is -1.98. The number of nitrogens with zero attached hydrogens (tertiary/aromatic N) is 1. The average Bonchev–Trinajstić information content (AvgIpc) is 2.53. The Kier molecular flexibility index (Phi) is 4.70. The highest BCUT2D eigenvalue weighted by Gasteiger charge is 2.19. The van der Waals surface area contributed by atoms with E-state index in [-0.39, 0.29) is 16.9 Å². The maximum Gasteiger partial charge on any atom is 0.315 e. The van der Waals surface area contributed by atoms with E-state index in [0.717, 1.165) is 18.2 Å². The molecule has 0 aliphatic heterocycles. The van der Waals surface area contributed by atoms with Crippen molar-refractivity contribution in [3.63, 3.8) is 0 Å². The molecule has 0 unspecified atom stereocenters. The van der Waals surface area contributed by atoms with Gasteiger partial charge in [-0.2, -0.15) is 0 Å². The van der Waals surface area contributed by atoms with Gasteiger partial charge in [-0.15, -0.1) is 0 Å². The summed E-state index contributed by atoms with van der Waals surface area (Å²) in [6, 6.07) is 7.90. The van der Waals surface area contributed by atoms with Crippen LogP contribution in [0.1, 0.15) is 15.9 Å². The van der Waals surface area contributed by atoms with Crippen molar-refractivity contribution in [3.05, 3.63) is 69.5 Å². The first-order valence-electron chi connectivity index (χ1n) is 6.46. The van der Waals surface area contributed by atoms with Crippen LogP contribution < -0.4 is 4.74 Å². The van der Waals surface area contributed by atoms with E-state index in [2.05, 4.69) is 0 Å². The summed E-state index contributed by atoms with van der Waals surface area (Å²) in [5.41, 5.74) is -0.401. The number of methoxy groups -OCH3 is 1. The van der Waals surface area contributed by atoms with E-state index >= 15 is 0 Å². The van der Waals surface area contributed by atoms with Crippen molar-refractivity contribution in [3.8, 4) is 11.5 Å². The zero-order chi connectivity index (χ0) is 17.0. The minimum Gasteiger partial charge on any atom is -0.500 e. The number of carbonyl (C=O) groups excluding carboxylic acids is 1. The van der Waals surface area contributed by atoms with Crippen LogP contribution >= 0.6 is 0 Å². The van der Waals surface area contributed by atoms with Crippen molar-refractivity contribution in [1.29, 1.82) is 0 Å². The van der Waals surface area contributed by atoms with Crippen LogP contribution in [-0.2, 0) is 0 Å². The van der Waals surface area contributed by atoms with Crippen LogP contribution in [0.5, 0.6) is 11.5 Å². The number of hydrogen-bond acceptors (Lipinski definition) is 5. The minimum atomic E-state index is -0.770. The molecular weight excluding hydrogens is 305 g/mol. The zero-order valence-electron chi connectivity index (χ0n) is 12.0. The number of aromatic hydroxyl groups is 1. The number of phenolic OH excluding ortho intramolecular Hbond substituents is 1. The molecule has 2 aromatic rings. The number of phenols is 1. The first-order chi connectivity index (χ1) is 10.9. The number of allylic oxidation sites excluding steroid dienone is 1. The second-order valence-corrected chi connectivity index (χ2v) is 4.53. The molecule has 0 bridgehead atoms. The van der Waals surface area contributed by atoms with E-state index in [9.17, 15) is 24.4 Å². The number of carbonyl (C=O) groups is 1. The summed E-state index contributed by atoms with van der Waals surface area (Å²) in [7, 11) is 1.25. The Balaban J connectivity index is 2.36. The molecule has 118 valence electrons. The minimum absolute atomic E-state index is 0.0998. The number of ether oxygens (including phenoxy) is 1. The lowest BCUT2D eigenvalue weighted by atomic mass is 10.1. The Morgan fingerprint density at radius 2 is 2.04 bits per heavy atom. The molecule has 1 N–H and O–H groups in total. The average molecular weight is 317 g/mol. The van der Waals surface area contributed by atoms with Crippen LogP contribution in [0, 0.1) is 15.9 Å². The fraction of sp³-hybridized carbons (Fsp3) is 0.0625. The Bertz CT molecular complexity index is 801. The highest BCUT2D eigenvalue weighted by atomic mass is 19.1. The number of ketones is 1. The van der Waals surface area contributed by atoms with Crippen LogP contribution in [0.25, 0.3) is 6.08 Å². The third kappa shape index (κ3) is 3.52. The van der Waals surface area contributed by atoms with E-state index in [0.29, 0.717) is 0 Å². The van der Waals surface area contributed by atoms with E-state index in [4.69, 9.17) is 4.74 Å². The van der Waals surface area contributed by atoms with Gasteiger partial charge in [-0.1, -0.05) is 18.2 Å². The Morgan fingerprint density at radius 3 is 2.65 bits per heavy atom. The second-order valence-electron chi connectivity index (χ2n) is 4.53. The van der Waals surface area contributed by atoms with Crippen LogP contribution in [-0.4, -0.2) is 22.9 Å². The molecule has 0 fully saturated rings. The molecule has 23 heavy (non-hydrogen) atoms. The first kappa shape index (κ1) is 16.2. The number of rotatable bonds is 5. The molecule has 0 heterocycles. The van der Waals surface area contributed by atoms with E-state index in [1.54, 1.807) is 0 Å². The van der Waals surface area contributed by atoms with Crippen LogP contribution in [0.3, 0.4) is 0 Å². The molecule has 7 heteroatoms. The summed E-state index contributed by atoms with van der Waals surface area (Å²) in [5, 5.41) is 20.6. The monoisotopic (exact) mass is 317 g/mol. The van der Waals surface area contributed by atoms with Gasteiger partial charge < -0.3 is 9.84 Å². The van der Waals surface area contributed by atoms with Gasteiger partial charge in [0.15, 0.2) is 11.5 Å². The van der Waals surface area contributed by atoms with Crippen molar-refractivity contribution in [2.45, 2.75) is 0 Å². The molecule has 0 saturated heterocycles. The number of hydrogen-bond donors (Lipinski definition) is 1. The molecule has 2 aromatic carbocycles. The van der Waals surface area contributed by atoms with Gasteiger partial charge in [-0.25, -0.2) is 4.39 Å². The van der Waals surface area contributed by atoms with E-state index < -0.39 is 28.0 Å². The first-order valence-corrected chi connectivity index (χ1v) is 6.46. The van der Waals surface area contributed by atoms with Crippen LogP contribution in [0.15, 0.2) is 42.5 Å². The maximum absolute atomic E-state index is 13.5. The number of benzene rings is 2. The van der Waals surface area contributed by atoms with Crippen molar-refractivity contribution >= 4 is 17.5 Å². The summed E-state index contributed by atoms with van der Waals surface area (Å²) in [5.74, 6) is -1.94. The second kappa shape index (κ2) is 6.69. The molecular formula is C16H12FNO5. The summed E-state index contributed by atoms with van der Waals surface area (Å²) in [6.45, 7) is 0. The third-order valence-electron chi connectivity index (χ3n) is 3.06. The van der Waals surface area contributed by atoms with E-state index in [1.165, 1.54) is 37.5 Å². The maximum atomic E-state index is 13.5. The summed E-state index contributed by atoms with van der Waals surface area (Å²) < 4.78 is 18.4. The fourth-order valence-corrected chi connectivity index (χ4v) is 1.93. The van der Waals surface area contributed by atoms with Gasteiger partial charge in [0.05, 0.1) is 17.6 Å². The molecule has 2 rings (SSSR count). The van der Waals surface area contributed by atoms with Crippen LogP contribution in [0.2, 0.25) is 0 Å². The van der Waals surface area contributed by atoms with Gasteiger partial charge in [0.25, 0.3) is 0 Å². The molecule has 0 atom stereocenters. The fourth-order valence-electron chi connectivity index (χ4n) is 1.93. The topological polar surface area (TPSA) is 89.7 Å². The summed E-state index contributed by atoms with van der Waals surface area (Å²) in [4.78, 5) is 22.1. The Labute approximate surface area is 130 Å². The van der Waals surface area contributed by atoms with Gasteiger partial charge in [-0.05, 0) is 29.8 Å². The number of halogens is 1. The van der Waals surface area contributed by atoms with Gasteiger partial charge in [0.2, 0.25) is 5.75 Å². The largest absolute Gasteiger partial charge is 0.500 e. The van der Waals surface area contributed by atoms with Gasteiger partial charge in [0.1, 0.15) is 5.82 Å². The van der Waals surface area contributed by atoms with Crippen LogP contribution in [0.4, 0.5) is 10.1 Å². The molecule has 0 aliphatic rings. The predicted molar refractivity (Wildman–Crippen MR) is 81.1 cm³/mol. The van der Waals surface area contributed by atoms with Crippen molar-refractivity contribution in [1.82, 2.24) is 0 Å². The lowest BCUT2D eigenvalue weighted by Gasteiger charge is -2.05. The van der Waals surface area contributed by atoms with Gasteiger partial charge in [0, 0.05) is 6.07 Å². The lowest BCUT2D eigenvalue weighted by molar-refractivity contribution is -0.386. The highest BCUT2D eigenvalue weighted by Crippen LogP contribution is 2.37. The Morgan fingerprint density at radius 1 is 1.35 bits per heavy atom. The molecule has 0 spiro atoms. The van der Waals surface area contributed by atoms with E-state index in [1.807, 2.05) is 0 Å². The standard InChI is InChI=1S/C16H12FNO5/c1-23-15-9-10(8-13(16(15)20)18(21)22)6-7-14(19)11-4-2-3-5-12(11)17/h2-9,20H,1H3/b7-6+. The smallest absolute Gasteiger partial charge is 0.315 e.